The van der Waals surface area contributed by atoms with Gasteiger partial charge in [0.25, 0.3) is 0 Å². The summed E-state index contributed by atoms with van der Waals surface area (Å²) in [5.74, 6) is -3.31. The number of allylic oxidation sites excluding steroid dienone is 6. The van der Waals surface area contributed by atoms with Gasteiger partial charge in [-0.25, -0.2) is 0 Å². The maximum atomic E-state index is 14.2. The van der Waals surface area contributed by atoms with Crippen molar-refractivity contribution in [3.05, 3.63) is 111 Å². The van der Waals surface area contributed by atoms with Crippen molar-refractivity contribution in [2.45, 2.75) is 25.7 Å². The van der Waals surface area contributed by atoms with Crippen LogP contribution in [0, 0.1) is 24.7 Å². The summed E-state index contributed by atoms with van der Waals surface area (Å²) in [4.78, 5) is 58.2. The average molecular weight is 692 g/mol. The predicted octanol–water partition coefficient (Wildman–Crippen LogP) is 7.15. The summed E-state index contributed by atoms with van der Waals surface area (Å²) in [7, 11) is 3.93. The van der Waals surface area contributed by atoms with Gasteiger partial charge in [0.2, 0.25) is 11.8 Å². The Kier molecular flexibility index (Phi) is 7.63. The molecule has 1 aliphatic heterocycles. The van der Waals surface area contributed by atoms with E-state index in [-0.39, 0.29) is 40.0 Å². The lowest BCUT2D eigenvalue weighted by atomic mass is 9.59. The molecular weight excluding hydrogens is 660 g/mol. The molecule has 0 unspecified atom stereocenters. The maximum absolute atomic E-state index is 14.2. The van der Waals surface area contributed by atoms with Gasteiger partial charge in [-0.15, -0.1) is 0 Å². The number of hydrogen-bond acceptors (Lipinski definition) is 8. The number of imide groups is 1. The lowest BCUT2D eigenvalue weighted by Crippen LogP contribution is -2.39. The van der Waals surface area contributed by atoms with Crippen LogP contribution in [0.1, 0.15) is 29.9 Å². The Morgan fingerprint density at radius 2 is 1.53 bits per heavy atom. The van der Waals surface area contributed by atoms with E-state index in [1.807, 2.05) is 55.4 Å². The maximum Gasteiger partial charge on any atom is 0.238 e. The predicted molar refractivity (Wildman–Crippen MR) is 181 cm³/mol. The fourth-order valence-electron chi connectivity index (χ4n) is 7.30. The van der Waals surface area contributed by atoms with Crippen molar-refractivity contribution >= 4 is 62.1 Å². The molecule has 0 radical (unpaired) electrons. The third kappa shape index (κ3) is 5.17. The smallest absolute Gasteiger partial charge is 0.238 e. The van der Waals surface area contributed by atoms with E-state index in [9.17, 15) is 24.3 Å². The van der Waals surface area contributed by atoms with Gasteiger partial charge in [0.05, 0.1) is 33.4 Å². The van der Waals surface area contributed by atoms with Crippen LogP contribution in [-0.2, 0) is 19.2 Å². The highest BCUT2D eigenvalue weighted by Crippen LogP contribution is 2.55. The van der Waals surface area contributed by atoms with Crippen molar-refractivity contribution < 1.29 is 24.3 Å². The zero-order valence-electron chi connectivity index (χ0n) is 26.0. The standard InChI is InChI=1S/C37H31BrN4O5/c1-19-16-20(4-15-30(19)43)32-25-13-14-26-33(27(25)17-28-34(32)31(44)18-29(38)35(28)45)37(47)42(36(26)46)24-11-7-22(8-12-24)40-39-21-5-9-23(10-6-21)41(2)3/h4-13,15-16,18,26-27,32-33,43H,14,17H2,1-3H3/t26-,27+,32-,33-/m0/s1. The van der Waals surface area contributed by atoms with E-state index in [1.165, 1.54) is 11.0 Å². The Bertz CT molecular complexity index is 1990. The number of phenols is 1. The SMILES string of the molecule is Cc1cc([C@H]2C3=CC[C@@H]4C(=O)N(c5ccc(N=Nc6ccc(N(C)C)cc6)cc5)C(=O)[C@@H]4[C@@H]3CC3=C2C(=O)C=C(Br)C3=O)ccc1O. The minimum Gasteiger partial charge on any atom is -0.508 e. The number of anilines is 2. The highest BCUT2D eigenvalue weighted by atomic mass is 79.9. The molecule has 1 N–H and O–H groups in total. The van der Waals surface area contributed by atoms with Crippen molar-refractivity contribution in [1.82, 2.24) is 0 Å². The van der Waals surface area contributed by atoms with Crippen molar-refractivity contribution in [3.63, 3.8) is 0 Å². The molecular formula is C37H31BrN4O5. The molecule has 3 aromatic carbocycles. The largest absolute Gasteiger partial charge is 0.508 e. The number of ketones is 2. The lowest BCUT2D eigenvalue weighted by molar-refractivity contribution is -0.123. The summed E-state index contributed by atoms with van der Waals surface area (Å²) in [5.41, 5.74) is 5.78. The molecule has 7 rings (SSSR count). The normalized spacial score (nSPS) is 23.9. The lowest BCUT2D eigenvalue weighted by Gasteiger charge is -2.42. The molecule has 0 bridgehead atoms. The van der Waals surface area contributed by atoms with Crippen LogP contribution < -0.4 is 9.80 Å². The number of carbonyl (C=O) groups is 4. The molecule has 1 saturated heterocycles. The molecule has 9 nitrogen and oxygen atoms in total. The number of phenolic OH excluding ortho intramolecular Hbond substituents is 1. The topological polar surface area (TPSA) is 120 Å². The van der Waals surface area contributed by atoms with Crippen molar-refractivity contribution in [3.8, 4) is 5.75 Å². The molecule has 0 saturated carbocycles. The molecule has 3 aliphatic carbocycles. The number of halogens is 1. The Hall–Kier alpha value is -4.96. The molecule has 1 fully saturated rings. The molecule has 4 aliphatic rings. The summed E-state index contributed by atoms with van der Waals surface area (Å²) in [6.07, 6.45) is 3.82. The van der Waals surface area contributed by atoms with Crippen molar-refractivity contribution in [2.24, 2.45) is 28.0 Å². The van der Waals surface area contributed by atoms with E-state index < -0.39 is 23.7 Å². The first-order valence-corrected chi connectivity index (χ1v) is 16.2. The number of azo groups is 1. The number of Topliss-reactive ketones (excluding diaryl/α,β-unsaturated/α-hetero) is 1. The fourth-order valence-corrected chi connectivity index (χ4v) is 7.75. The second kappa shape index (κ2) is 11.7. The van der Waals surface area contributed by atoms with Crippen LogP contribution in [0.3, 0.4) is 0 Å². The third-order valence-corrected chi connectivity index (χ3v) is 10.2. The number of carbonyl (C=O) groups excluding carboxylic acids is 4. The van der Waals surface area contributed by atoms with Crippen LogP contribution in [0.2, 0.25) is 0 Å². The number of nitrogens with zero attached hydrogens (tertiary/aromatic N) is 4. The van der Waals surface area contributed by atoms with E-state index in [1.54, 1.807) is 43.3 Å². The van der Waals surface area contributed by atoms with Gasteiger partial charge in [-0.05, 0) is 107 Å². The van der Waals surface area contributed by atoms with Crippen LogP contribution in [0.5, 0.6) is 5.75 Å². The summed E-state index contributed by atoms with van der Waals surface area (Å²) in [5, 5.41) is 18.8. The van der Waals surface area contributed by atoms with Gasteiger partial charge in [0, 0.05) is 42.9 Å². The number of amides is 2. The fraction of sp³-hybridized carbons (Fsp3) is 0.243. The Balaban J connectivity index is 1.19. The van der Waals surface area contributed by atoms with E-state index in [2.05, 4.69) is 26.2 Å². The summed E-state index contributed by atoms with van der Waals surface area (Å²) < 4.78 is 0.181. The van der Waals surface area contributed by atoms with Gasteiger partial charge in [-0.1, -0.05) is 23.8 Å². The number of hydrogen-bond donors (Lipinski definition) is 1. The first-order valence-electron chi connectivity index (χ1n) is 15.4. The number of benzene rings is 3. The Morgan fingerprint density at radius 3 is 2.17 bits per heavy atom. The molecule has 4 atom stereocenters. The zero-order valence-corrected chi connectivity index (χ0v) is 27.6. The second-order valence-corrected chi connectivity index (χ2v) is 13.4. The Morgan fingerprint density at radius 1 is 0.872 bits per heavy atom. The molecule has 2 amide bonds. The Labute approximate surface area is 280 Å². The number of aryl methyl sites for hydroxylation is 1. The molecule has 1 heterocycles. The summed E-state index contributed by atoms with van der Waals surface area (Å²) in [6.45, 7) is 1.77. The van der Waals surface area contributed by atoms with E-state index in [0.29, 0.717) is 40.2 Å². The summed E-state index contributed by atoms with van der Waals surface area (Å²) >= 11 is 3.26. The van der Waals surface area contributed by atoms with Gasteiger partial charge in [-0.2, -0.15) is 10.2 Å². The van der Waals surface area contributed by atoms with Crippen molar-refractivity contribution in [1.29, 1.82) is 0 Å². The van der Waals surface area contributed by atoms with Gasteiger partial charge in [0.1, 0.15) is 5.75 Å². The van der Waals surface area contributed by atoms with Crippen LogP contribution in [0.4, 0.5) is 22.7 Å². The quantitative estimate of drug-likeness (QED) is 0.131. The number of fused-ring (bicyclic) bond motifs is 3. The van der Waals surface area contributed by atoms with Crippen LogP contribution in [-0.4, -0.2) is 42.6 Å². The molecule has 10 heteroatoms. The highest BCUT2D eigenvalue weighted by Gasteiger charge is 2.56. The van der Waals surface area contributed by atoms with Gasteiger partial charge in [-0.3, -0.25) is 24.1 Å². The van der Waals surface area contributed by atoms with E-state index in [4.69, 9.17) is 0 Å². The van der Waals surface area contributed by atoms with Crippen LogP contribution in [0.25, 0.3) is 0 Å². The first kappa shape index (κ1) is 30.7. The molecule has 3 aromatic rings. The second-order valence-electron chi connectivity index (χ2n) is 12.6. The molecule has 0 aromatic heterocycles. The number of aromatic hydroxyl groups is 1. The molecule has 47 heavy (non-hydrogen) atoms. The third-order valence-electron chi connectivity index (χ3n) is 9.64. The minimum atomic E-state index is -0.686. The van der Waals surface area contributed by atoms with Gasteiger partial charge in [0.15, 0.2) is 11.6 Å². The molecule has 236 valence electrons. The van der Waals surface area contributed by atoms with Crippen LogP contribution in [0.15, 0.2) is 110 Å². The summed E-state index contributed by atoms with van der Waals surface area (Å²) in [6, 6.07) is 19.6. The van der Waals surface area contributed by atoms with Crippen LogP contribution >= 0.6 is 15.9 Å². The average Bonchev–Trinajstić information content (AvgIpc) is 3.32. The van der Waals surface area contributed by atoms with Gasteiger partial charge >= 0.3 is 0 Å². The first-order chi connectivity index (χ1) is 22.5. The monoisotopic (exact) mass is 690 g/mol. The minimum absolute atomic E-state index is 0.125. The highest BCUT2D eigenvalue weighted by molar-refractivity contribution is 9.12. The van der Waals surface area contributed by atoms with Gasteiger partial charge < -0.3 is 10.0 Å². The van der Waals surface area contributed by atoms with E-state index in [0.717, 1.165) is 16.8 Å². The molecule has 0 spiro atoms. The van der Waals surface area contributed by atoms with Crippen molar-refractivity contribution in [2.75, 3.05) is 23.9 Å². The zero-order chi connectivity index (χ0) is 33.1. The number of rotatable bonds is 5. The van der Waals surface area contributed by atoms with E-state index >= 15 is 0 Å².